The van der Waals surface area contributed by atoms with Gasteiger partial charge in [-0.3, -0.25) is 9.59 Å². The predicted molar refractivity (Wildman–Crippen MR) is 104 cm³/mol. The molecule has 144 valence electrons. The standard InChI is InChI=1S/C21H27N3O3/c1-13(2)19-20(25)22-10-11-23(19)21(26)18-12-14(3)24(15(18)4)16-6-8-17(27-5)9-7-16/h6-9,12-13,19H,10-11H2,1-5H3,(H,22,25)/t19-/m0/s1. The maximum absolute atomic E-state index is 13.3. The third kappa shape index (κ3) is 3.44. The van der Waals surface area contributed by atoms with Crippen molar-refractivity contribution in [2.24, 2.45) is 5.92 Å². The highest BCUT2D eigenvalue weighted by Gasteiger charge is 2.36. The number of aromatic nitrogens is 1. The van der Waals surface area contributed by atoms with E-state index in [4.69, 9.17) is 4.74 Å². The van der Waals surface area contributed by atoms with E-state index in [1.165, 1.54) is 0 Å². The molecule has 0 saturated carbocycles. The minimum atomic E-state index is -0.435. The van der Waals surface area contributed by atoms with Gasteiger partial charge in [-0.25, -0.2) is 0 Å². The van der Waals surface area contributed by atoms with Crippen LogP contribution in [0.4, 0.5) is 0 Å². The molecule has 1 aliphatic rings. The van der Waals surface area contributed by atoms with E-state index in [9.17, 15) is 9.59 Å². The lowest BCUT2D eigenvalue weighted by Crippen LogP contribution is -2.59. The first kappa shape index (κ1) is 19.0. The van der Waals surface area contributed by atoms with Gasteiger partial charge in [-0.2, -0.15) is 0 Å². The number of ether oxygens (including phenoxy) is 1. The Labute approximate surface area is 160 Å². The van der Waals surface area contributed by atoms with Crippen LogP contribution in [0.2, 0.25) is 0 Å². The van der Waals surface area contributed by atoms with E-state index in [1.54, 1.807) is 12.0 Å². The van der Waals surface area contributed by atoms with Crippen molar-refractivity contribution in [3.8, 4) is 11.4 Å². The van der Waals surface area contributed by atoms with Gasteiger partial charge in [0.15, 0.2) is 0 Å². The Morgan fingerprint density at radius 1 is 1.22 bits per heavy atom. The number of methoxy groups -OCH3 is 1. The van der Waals surface area contributed by atoms with Crippen molar-refractivity contribution in [1.82, 2.24) is 14.8 Å². The van der Waals surface area contributed by atoms with Crippen molar-refractivity contribution in [1.29, 1.82) is 0 Å². The van der Waals surface area contributed by atoms with Gasteiger partial charge in [0.25, 0.3) is 5.91 Å². The van der Waals surface area contributed by atoms with Crippen molar-refractivity contribution >= 4 is 11.8 Å². The summed E-state index contributed by atoms with van der Waals surface area (Å²) in [5.41, 5.74) is 3.46. The molecule has 1 aliphatic heterocycles. The van der Waals surface area contributed by atoms with Crippen molar-refractivity contribution in [3.63, 3.8) is 0 Å². The van der Waals surface area contributed by atoms with Crippen LogP contribution in [0.3, 0.4) is 0 Å². The number of carbonyl (C=O) groups is 2. The number of carbonyl (C=O) groups excluding carboxylic acids is 2. The van der Waals surface area contributed by atoms with Gasteiger partial charge >= 0.3 is 0 Å². The monoisotopic (exact) mass is 369 g/mol. The zero-order chi connectivity index (χ0) is 19.7. The molecule has 1 N–H and O–H groups in total. The molecule has 6 nitrogen and oxygen atoms in total. The second kappa shape index (κ2) is 7.47. The van der Waals surface area contributed by atoms with Crippen LogP contribution in [0.1, 0.15) is 35.6 Å². The van der Waals surface area contributed by atoms with Gasteiger partial charge in [-0.05, 0) is 50.1 Å². The van der Waals surface area contributed by atoms with E-state index in [2.05, 4.69) is 9.88 Å². The van der Waals surface area contributed by atoms with Crippen LogP contribution >= 0.6 is 0 Å². The van der Waals surface area contributed by atoms with Gasteiger partial charge in [0.2, 0.25) is 5.91 Å². The molecule has 2 heterocycles. The van der Waals surface area contributed by atoms with Crippen LogP contribution in [-0.4, -0.2) is 47.5 Å². The van der Waals surface area contributed by atoms with Crippen molar-refractivity contribution in [3.05, 3.63) is 47.3 Å². The Bertz CT molecular complexity index is 852. The summed E-state index contributed by atoms with van der Waals surface area (Å²) < 4.78 is 7.28. The molecular weight excluding hydrogens is 342 g/mol. The average Bonchev–Trinajstić information content (AvgIpc) is 2.95. The third-order valence-electron chi connectivity index (χ3n) is 5.14. The number of nitrogens with zero attached hydrogens (tertiary/aromatic N) is 2. The Hall–Kier alpha value is -2.76. The second-order valence-electron chi connectivity index (χ2n) is 7.30. The van der Waals surface area contributed by atoms with E-state index in [0.717, 1.165) is 22.8 Å². The smallest absolute Gasteiger partial charge is 0.256 e. The molecule has 0 spiro atoms. The van der Waals surface area contributed by atoms with Crippen molar-refractivity contribution in [2.45, 2.75) is 33.7 Å². The zero-order valence-electron chi connectivity index (χ0n) is 16.6. The molecule has 0 aliphatic carbocycles. The van der Waals surface area contributed by atoms with Crippen LogP contribution in [-0.2, 0) is 4.79 Å². The lowest BCUT2D eigenvalue weighted by molar-refractivity contribution is -0.129. The fourth-order valence-corrected chi connectivity index (χ4v) is 3.84. The van der Waals surface area contributed by atoms with Gasteiger partial charge in [0.1, 0.15) is 11.8 Å². The molecule has 3 rings (SSSR count). The lowest BCUT2D eigenvalue weighted by Gasteiger charge is -2.37. The highest BCUT2D eigenvalue weighted by molar-refractivity contribution is 5.99. The summed E-state index contributed by atoms with van der Waals surface area (Å²) in [6.45, 7) is 8.88. The summed E-state index contributed by atoms with van der Waals surface area (Å²) >= 11 is 0. The van der Waals surface area contributed by atoms with Gasteiger partial charge in [-0.15, -0.1) is 0 Å². The minimum absolute atomic E-state index is 0.0549. The maximum Gasteiger partial charge on any atom is 0.256 e. The summed E-state index contributed by atoms with van der Waals surface area (Å²) in [4.78, 5) is 27.3. The van der Waals surface area contributed by atoms with Gasteiger partial charge in [0, 0.05) is 30.2 Å². The normalized spacial score (nSPS) is 17.2. The number of benzene rings is 1. The summed E-state index contributed by atoms with van der Waals surface area (Å²) in [5.74, 6) is 0.681. The molecule has 0 bridgehead atoms. The lowest BCUT2D eigenvalue weighted by atomic mass is 9.98. The van der Waals surface area contributed by atoms with Crippen LogP contribution in [0.5, 0.6) is 5.75 Å². The topological polar surface area (TPSA) is 63.6 Å². The van der Waals surface area contributed by atoms with E-state index >= 15 is 0 Å². The number of aryl methyl sites for hydroxylation is 1. The Kier molecular flexibility index (Phi) is 5.26. The Balaban J connectivity index is 1.97. The predicted octanol–water partition coefficient (Wildman–Crippen LogP) is 2.70. The van der Waals surface area contributed by atoms with Crippen LogP contribution < -0.4 is 10.1 Å². The highest BCUT2D eigenvalue weighted by atomic mass is 16.5. The molecular formula is C21H27N3O3. The van der Waals surface area contributed by atoms with Gasteiger partial charge in [-0.1, -0.05) is 13.8 Å². The molecule has 2 aromatic rings. The highest BCUT2D eigenvalue weighted by Crippen LogP contribution is 2.25. The average molecular weight is 369 g/mol. The molecule has 1 aromatic heterocycles. The molecule has 0 unspecified atom stereocenters. The number of piperazine rings is 1. The third-order valence-corrected chi connectivity index (χ3v) is 5.14. The fraction of sp³-hybridized carbons (Fsp3) is 0.429. The quantitative estimate of drug-likeness (QED) is 0.901. The first-order valence-electron chi connectivity index (χ1n) is 9.27. The SMILES string of the molecule is COc1ccc(-n2c(C)cc(C(=O)N3CCNC(=O)[C@@H]3C(C)C)c2C)cc1. The largest absolute Gasteiger partial charge is 0.497 e. The molecule has 6 heteroatoms. The first-order chi connectivity index (χ1) is 12.8. The van der Waals surface area contributed by atoms with Crippen molar-refractivity contribution < 1.29 is 14.3 Å². The summed E-state index contributed by atoms with van der Waals surface area (Å²) in [7, 11) is 1.64. The molecule has 1 aromatic carbocycles. The Morgan fingerprint density at radius 3 is 2.48 bits per heavy atom. The summed E-state index contributed by atoms with van der Waals surface area (Å²) in [6, 6.07) is 9.22. The van der Waals surface area contributed by atoms with E-state index in [-0.39, 0.29) is 17.7 Å². The molecule has 1 atom stereocenters. The van der Waals surface area contributed by atoms with Crippen LogP contribution in [0, 0.1) is 19.8 Å². The number of amides is 2. The van der Waals surface area contributed by atoms with Crippen LogP contribution in [0.15, 0.2) is 30.3 Å². The molecule has 27 heavy (non-hydrogen) atoms. The van der Waals surface area contributed by atoms with E-state index in [1.807, 2.05) is 58.0 Å². The summed E-state index contributed by atoms with van der Waals surface area (Å²) in [5, 5.41) is 2.87. The zero-order valence-corrected chi connectivity index (χ0v) is 16.6. The summed E-state index contributed by atoms with van der Waals surface area (Å²) in [6.07, 6.45) is 0. The van der Waals surface area contributed by atoms with Gasteiger partial charge in [0.05, 0.1) is 12.7 Å². The maximum atomic E-state index is 13.3. The number of hydrogen-bond donors (Lipinski definition) is 1. The minimum Gasteiger partial charge on any atom is -0.497 e. The number of rotatable bonds is 4. The molecule has 2 amide bonds. The Morgan fingerprint density at radius 2 is 1.89 bits per heavy atom. The molecule has 0 radical (unpaired) electrons. The van der Waals surface area contributed by atoms with Crippen LogP contribution in [0.25, 0.3) is 5.69 Å². The van der Waals surface area contributed by atoms with Gasteiger partial charge < -0.3 is 19.5 Å². The number of nitrogens with one attached hydrogen (secondary N) is 1. The number of hydrogen-bond acceptors (Lipinski definition) is 3. The molecule has 1 saturated heterocycles. The van der Waals surface area contributed by atoms with E-state index < -0.39 is 6.04 Å². The van der Waals surface area contributed by atoms with Crippen molar-refractivity contribution in [2.75, 3.05) is 20.2 Å². The first-order valence-corrected chi connectivity index (χ1v) is 9.27. The fourth-order valence-electron chi connectivity index (χ4n) is 3.84. The van der Waals surface area contributed by atoms with E-state index in [0.29, 0.717) is 18.7 Å². The molecule has 1 fully saturated rings. The second-order valence-corrected chi connectivity index (χ2v) is 7.30.